The lowest BCUT2D eigenvalue weighted by atomic mass is 10.1. The van der Waals surface area contributed by atoms with Crippen LogP contribution in [0, 0.1) is 17.1 Å². The molecule has 4 rings (SSSR count). The maximum Gasteiger partial charge on any atom is 0.308 e. The maximum absolute atomic E-state index is 14.2. The van der Waals surface area contributed by atoms with Gasteiger partial charge in [0.05, 0.1) is 32.3 Å². The molecule has 1 fully saturated rings. The van der Waals surface area contributed by atoms with Gasteiger partial charge < -0.3 is 4.90 Å². The molecule has 1 saturated heterocycles. The molecule has 0 saturated carbocycles. The zero-order valence-electron chi connectivity index (χ0n) is 17.1. The molecular weight excluding hydrogens is 455 g/mol. The molecule has 8 nitrogen and oxygen atoms in total. The molecule has 2 aromatic carbocycles. The van der Waals surface area contributed by atoms with Gasteiger partial charge in [0.1, 0.15) is 5.82 Å². The third-order valence-electron chi connectivity index (χ3n) is 5.45. The summed E-state index contributed by atoms with van der Waals surface area (Å²) >= 11 is 1.00. The summed E-state index contributed by atoms with van der Waals surface area (Å²) in [6.45, 7) is 2.70. The van der Waals surface area contributed by atoms with Gasteiger partial charge in [-0.3, -0.25) is 14.2 Å². The molecule has 3 aromatic rings. The number of hydrogen-bond donors (Lipinski definition) is 0. The number of thiazole rings is 1. The Morgan fingerprint density at radius 1 is 1.16 bits per heavy atom. The zero-order valence-corrected chi connectivity index (χ0v) is 18.7. The highest BCUT2D eigenvalue weighted by Crippen LogP contribution is 2.25. The molecule has 166 valence electrons. The number of carbonyl (C=O) groups excluding carboxylic acids is 1. The first kappa shape index (κ1) is 22.1. The van der Waals surface area contributed by atoms with Crippen LogP contribution in [0.5, 0.6) is 0 Å². The van der Waals surface area contributed by atoms with Gasteiger partial charge in [0.25, 0.3) is 5.91 Å². The molecular formula is C21H19FN4O4S2. The van der Waals surface area contributed by atoms with E-state index in [0.717, 1.165) is 17.4 Å². The number of rotatable bonds is 4. The summed E-state index contributed by atoms with van der Waals surface area (Å²) < 4.78 is 43.9. The molecule has 0 bridgehead atoms. The molecule has 1 amide bonds. The highest BCUT2D eigenvalue weighted by Gasteiger charge is 2.31. The van der Waals surface area contributed by atoms with Gasteiger partial charge in [-0.1, -0.05) is 11.3 Å². The number of nitriles is 1. The Labute approximate surface area is 187 Å². The van der Waals surface area contributed by atoms with Gasteiger partial charge in [-0.15, -0.1) is 0 Å². The second-order valence-electron chi connectivity index (χ2n) is 7.24. The largest absolute Gasteiger partial charge is 0.336 e. The Morgan fingerprint density at radius 3 is 2.50 bits per heavy atom. The number of amides is 1. The van der Waals surface area contributed by atoms with Crippen molar-refractivity contribution in [1.82, 2.24) is 13.8 Å². The van der Waals surface area contributed by atoms with Crippen molar-refractivity contribution >= 4 is 37.5 Å². The third-order valence-corrected chi connectivity index (χ3v) is 8.28. The van der Waals surface area contributed by atoms with Crippen molar-refractivity contribution < 1.29 is 17.6 Å². The fourth-order valence-corrected chi connectivity index (χ4v) is 6.23. The normalized spacial score (nSPS) is 15.1. The van der Waals surface area contributed by atoms with Crippen LogP contribution in [0.1, 0.15) is 22.8 Å². The lowest BCUT2D eigenvalue weighted by Crippen LogP contribution is -2.50. The monoisotopic (exact) mass is 474 g/mol. The Kier molecular flexibility index (Phi) is 5.85. The van der Waals surface area contributed by atoms with Gasteiger partial charge in [0.15, 0.2) is 0 Å². The van der Waals surface area contributed by atoms with Crippen LogP contribution in [0.15, 0.2) is 46.1 Å². The van der Waals surface area contributed by atoms with Gasteiger partial charge in [-0.25, -0.2) is 12.8 Å². The lowest BCUT2D eigenvalue weighted by molar-refractivity contribution is 0.0693. The number of sulfonamides is 1. The van der Waals surface area contributed by atoms with Crippen LogP contribution in [0.3, 0.4) is 0 Å². The first-order valence-electron chi connectivity index (χ1n) is 9.88. The van der Waals surface area contributed by atoms with Crippen LogP contribution in [0.25, 0.3) is 10.2 Å². The van der Waals surface area contributed by atoms with Gasteiger partial charge in [-0.2, -0.15) is 9.57 Å². The summed E-state index contributed by atoms with van der Waals surface area (Å²) in [5.41, 5.74) is 0.661. The van der Waals surface area contributed by atoms with Gasteiger partial charge in [0.2, 0.25) is 10.0 Å². The van der Waals surface area contributed by atoms with E-state index in [4.69, 9.17) is 5.26 Å². The van der Waals surface area contributed by atoms with Crippen LogP contribution < -0.4 is 4.87 Å². The standard InChI is InChI=1S/C21H19FN4O4S2/c1-2-26-18-6-4-15(12-19(18)31-21(26)28)32(29,30)25-9-7-24(8-10-25)20(27)16-5-3-14(13-23)11-17(16)22/h3-6,11-12H,2,7-10H2,1H3. The van der Waals surface area contributed by atoms with E-state index >= 15 is 0 Å². The Morgan fingerprint density at radius 2 is 1.88 bits per heavy atom. The molecule has 1 aliphatic heterocycles. The molecule has 1 aliphatic rings. The topological polar surface area (TPSA) is 103 Å². The second kappa shape index (κ2) is 8.46. The van der Waals surface area contributed by atoms with E-state index in [0.29, 0.717) is 16.8 Å². The smallest absolute Gasteiger partial charge is 0.308 e. The fourth-order valence-electron chi connectivity index (χ4n) is 3.72. The predicted molar refractivity (Wildman–Crippen MR) is 118 cm³/mol. The number of piperazine rings is 1. The number of carbonyl (C=O) groups is 1. The van der Waals surface area contributed by atoms with Crippen molar-refractivity contribution in [2.75, 3.05) is 26.2 Å². The zero-order chi connectivity index (χ0) is 23.0. The third kappa shape index (κ3) is 3.81. The average Bonchev–Trinajstić information content (AvgIpc) is 3.12. The molecule has 11 heteroatoms. The minimum Gasteiger partial charge on any atom is -0.336 e. The Bertz CT molecular complexity index is 1410. The Balaban J connectivity index is 1.51. The number of hydrogen-bond acceptors (Lipinski definition) is 6. The number of halogens is 1. The van der Waals surface area contributed by atoms with Gasteiger partial charge in [-0.05, 0) is 43.3 Å². The van der Waals surface area contributed by atoms with E-state index < -0.39 is 21.7 Å². The molecule has 2 heterocycles. The molecule has 1 aromatic heterocycles. The molecule has 0 radical (unpaired) electrons. The summed E-state index contributed by atoms with van der Waals surface area (Å²) in [6.07, 6.45) is 0. The van der Waals surface area contributed by atoms with Crippen molar-refractivity contribution in [3.63, 3.8) is 0 Å². The van der Waals surface area contributed by atoms with E-state index in [9.17, 15) is 22.4 Å². The minimum absolute atomic E-state index is 0.0657. The summed E-state index contributed by atoms with van der Waals surface area (Å²) in [7, 11) is -3.81. The summed E-state index contributed by atoms with van der Waals surface area (Å²) in [5, 5.41) is 8.83. The first-order valence-corrected chi connectivity index (χ1v) is 12.1. The van der Waals surface area contributed by atoms with E-state index in [1.807, 2.05) is 13.0 Å². The van der Waals surface area contributed by atoms with Crippen molar-refractivity contribution in [3.05, 3.63) is 63.0 Å². The minimum atomic E-state index is -3.81. The van der Waals surface area contributed by atoms with Crippen LogP contribution in [0.2, 0.25) is 0 Å². The van der Waals surface area contributed by atoms with Gasteiger partial charge in [0, 0.05) is 32.7 Å². The van der Waals surface area contributed by atoms with E-state index in [-0.39, 0.29) is 47.1 Å². The second-order valence-corrected chi connectivity index (χ2v) is 10.2. The van der Waals surface area contributed by atoms with Crippen molar-refractivity contribution in [2.24, 2.45) is 0 Å². The highest BCUT2D eigenvalue weighted by molar-refractivity contribution is 7.89. The molecule has 0 aliphatic carbocycles. The molecule has 0 spiro atoms. The van der Waals surface area contributed by atoms with E-state index in [2.05, 4.69) is 0 Å². The number of fused-ring (bicyclic) bond motifs is 1. The van der Waals surface area contributed by atoms with E-state index in [1.54, 1.807) is 10.6 Å². The number of aromatic nitrogens is 1. The fraction of sp³-hybridized carbons (Fsp3) is 0.286. The van der Waals surface area contributed by atoms with Gasteiger partial charge >= 0.3 is 4.87 Å². The quantitative estimate of drug-likeness (QED) is 0.577. The van der Waals surface area contributed by atoms with Crippen molar-refractivity contribution in [2.45, 2.75) is 18.4 Å². The Hall–Kier alpha value is -3.07. The number of benzene rings is 2. The molecule has 0 N–H and O–H groups in total. The van der Waals surface area contributed by atoms with E-state index in [1.165, 1.54) is 33.5 Å². The van der Waals surface area contributed by atoms with Crippen LogP contribution >= 0.6 is 11.3 Å². The summed E-state index contributed by atoms with van der Waals surface area (Å²) in [4.78, 5) is 26.1. The van der Waals surface area contributed by atoms with Crippen LogP contribution in [-0.4, -0.2) is 54.3 Å². The molecule has 32 heavy (non-hydrogen) atoms. The summed E-state index contributed by atoms with van der Waals surface area (Å²) in [6, 6.07) is 10.1. The van der Waals surface area contributed by atoms with Crippen LogP contribution in [-0.2, 0) is 16.6 Å². The van der Waals surface area contributed by atoms with Crippen molar-refractivity contribution in [1.29, 1.82) is 5.26 Å². The first-order chi connectivity index (χ1) is 15.3. The predicted octanol–water partition coefficient (Wildman–Crippen LogP) is 2.24. The summed E-state index contributed by atoms with van der Waals surface area (Å²) in [5.74, 6) is -1.33. The van der Waals surface area contributed by atoms with Crippen molar-refractivity contribution in [3.8, 4) is 6.07 Å². The number of aryl methyl sites for hydroxylation is 1. The number of nitrogens with zero attached hydrogens (tertiary/aromatic N) is 4. The SMILES string of the molecule is CCn1c(=O)sc2cc(S(=O)(=O)N3CCN(C(=O)c4ccc(C#N)cc4F)CC3)ccc21. The van der Waals surface area contributed by atoms with Crippen LogP contribution in [0.4, 0.5) is 4.39 Å². The average molecular weight is 475 g/mol. The lowest BCUT2D eigenvalue weighted by Gasteiger charge is -2.34. The highest BCUT2D eigenvalue weighted by atomic mass is 32.2. The molecule has 0 unspecified atom stereocenters. The maximum atomic E-state index is 14.2. The molecule has 0 atom stereocenters.